The van der Waals surface area contributed by atoms with Crippen LogP contribution >= 0.6 is 15.9 Å². The van der Waals surface area contributed by atoms with Crippen LogP contribution in [0.15, 0.2) is 22.7 Å². The van der Waals surface area contributed by atoms with Crippen molar-refractivity contribution in [1.82, 2.24) is 0 Å². The molecule has 0 spiro atoms. The van der Waals surface area contributed by atoms with Crippen molar-refractivity contribution in [3.8, 4) is 5.75 Å². The van der Waals surface area contributed by atoms with Gasteiger partial charge in [0, 0.05) is 11.5 Å². The van der Waals surface area contributed by atoms with Crippen LogP contribution in [0.4, 0.5) is 0 Å². The van der Waals surface area contributed by atoms with E-state index in [4.69, 9.17) is 4.74 Å². The summed E-state index contributed by atoms with van der Waals surface area (Å²) >= 11 is 3.35. The fourth-order valence-electron chi connectivity index (χ4n) is 2.89. The molecule has 4 nitrogen and oxygen atoms in total. The second kappa shape index (κ2) is 5.95. The van der Waals surface area contributed by atoms with Gasteiger partial charge in [0.05, 0.1) is 17.5 Å². The molecule has 1 saturated carbocycles. The number of aliphatic carboxylic acids is 1. The second-order valence-electron chi connectivity index (χ2n) is 5.34. The van der Waals surface area contributed by atoms with Crippen LogP contribution in [-0.2, 0) is 4.79 Å². The number of benzene rings is 1. The number of ether oxygens (including phenoxy) is 1. The summed E-state index contributed by atoms with van der Waals surface area (Å²) < 4.78 is 5.83. The van der Waals surface area contributed by atoms with Crippen molar-refractivity contribution in [3.05, 3.63) is 28.2 Å². The number of carbonyl (C=O) groups is 2. The first kappa shape index (κ1) is 15.0. The molecule has 1 N–H and O–H groups in total. The van der Waals surface area contributed by atoms with Crippen molar-refractivity contribution >= 4 is 27.7 Å². The van der Waals surface area contributed by atoms with Gasteiger partial charge in [-0.05, 0) is 52.9 Å². The molecular formula is C15H17BrO4. The Hall–Kier alpha value is -1.36. The van der Waals surface area contributed by atoms with E-state index >= 15 is 0 Å². The van der Waals surface area contributed by atoms with E-state index in [1.165, 1.54) is 0 Å². The Morgan fingerprint density at radius 1 is 1.30 bits per heavy atom. The average Bonchev–Trinajstić information content (AvgIpc) is 2.80. The van der Waals surface area contributed by atoms with Gasteiger partial charge >= 0.3 is 5.97 Å². The third-order valence-electron chi connectivity index (χ3n) is 3.89. The van der Waals surface area contributed by atoms with Crippen LogP contribution in [0.3, 0.4) is 0 Å². The molecule has 1 aliphatic carbocycles. The molecule has 1 aliphatic rings. The zero-order valence-corrected chi connectivity index (χ0v) is 13.0. The van der Waals surface area contributed by atoms with Gasteiger partial charge < -0.3 is 9.84 Å². The van der Waals surface area contributed by atoms with E-state index in [0.717, 1.165) is 0 Å². The molecule has 0 heterocycles. The predicted molar refractivity (Wildman–Crippen MR) is 78.0 cm³/mol. The van der Waals surface area contributed by atoms with E-state index in [-0.39, 0.29) is 11.7 Å². The van der Waals surface area contributed by atoms with Gasteiger partial charge in [-0.1, -0.05) is 6.92 Å². The fraction of sp³-hybridized carbons (Fsp3) is 0.467. The number of rotatable bonds is 4. The minimum absolute atomic E-state index is 0.0925. The summed E-state index contributed by atoms with van der Waals surface area (Å²) in [6.45, 7) is 1.99. The number of methoxy groups -OCH3 is 1. The molecule has 1 aromatic rings. The lowest BCUT2D eigenvalue weighted by Crippen LogP contribution is -2.25. The second-order valence-corrected chi connectivity index (χ2v) is 6.20. The summed E-state index contributed by atoms with van der Waals surface area (Å²) in [7, 11) is 1.56. The molecule has 0 amide bonds. The molecule has 5 heteroatoms. The number of halogens is 1. The van der Waals surface area contributed by atoms with E-state index in [1.54, 1.807) is 25.3 Å². The van der Waals surface area contributed by atoms with E-state index in [9.17, 15) is 14.7 Å². The molecule has 0 aliphatic heterocycles. The standard InChI is InChI=1S/C15H17BrO4/c1-8-5-10(11(6-8)15(18)19)14(17)9-3-4-13(20-2)12(16)7-9/h3-4,7-8,10-11H,5-6H2,1-2H3,(H,18,19). The summed E-state index contributed by atoms with van der Waals surface area (Å²) in [5.41, 5.74) is 0.531. The molecule has 3 unspecified atom stereocenters. The van der Waals surface area contributed by atoms with Gasteiger partial charge in [-0.3, -0.25) is 9.59 Å². The first-order valence-corrected chi connectivity index (χ1v) is 7.34. The van der Waals surface area contributed by atoms with Crippen LogP contribution in [0.1, 0.15) is 30.1 Å². The number of carboxylic acid groups (broad SMARTS) is 1. The highest BCUT2D eigenvalue weighted by Crippen LogP contribution is 2.39. The first-order chi connectivity index (χ1) is 9.43. The third kappa shape index (κ3) is 2.87. The molecular weight excluding hydrogens is 324 g/mol. The van der Waals surface area contributed by atoms with Gasteiger partial charge in [-0.15, -0.1) is 0 Å². The van der Waals surface area contributed by atoms with E-state index in [1.807, 2.05) is 6.92 Å². The van der Waals surface area contributed by atoms with Gasteiger partial charge in [0.1, 0.15) is 5.75 Å². The predicted octanol–water partition coefficient (Wildman–Crippen LogP) is 3.39. The summed E-state index contributed by atoms with van der Waals surface area (Å²) in [5, 5.41) is 9.25. The Morgan fingerprint density at radius 2 is 1.95 bits per heavy atom. The lowest BCUT2D eigenvalue weighted by atomic mass is 9.88. The molecule has 1 fully saturated rings. The van der Waals surface area contributed by atoms with Crippen LogP contribution < -0.4 is 4.74 Å². The van der Waals surface area contributed by atoms with Crippen LogP contribution in [0, 0.1) is 17.8 Å². The van der Waals surface area contributed by atoms with E-state index in [0.29, 0.717) is 28.6 Å². The van der Waals surface area contributed by atoms with E-state index in [2.05, 4.69) is 15.9 Å². The van der Waals surface area contributed by atoms with Crippen molar-refractivity contribution < 1.29 is 19.4 Å². The molecule has 0 aromatic heterocycles. The Kier molecular flexibility index (Phi) is 4.48. The number of Topliss-reactive ketones (excluding diaryl/α,β-unsaturated/α-hetero) is 1. The third-order valence-corrected chi connectivity index (χ3v) is 4.51. The monoisotopic (exact) mass is 340 g/mol. The summed E-state index contributed by atoms with van der Waals surface area (Å²) in [4.78, 5) is 23.8. The highest BCUT2D eigenvalue weighted by atomic mass is 79.9. The number of carbonyl (C=O) groups excluding carboxylic acids is 1. The first-order valence-electron chi connectivity index (χ1n) is 6.54. The zero-order chi connectivity index (χ0) is 14.9. The summed E-state index contributed by atoms with van der Waals surface area (Å²) in [5.74, 6) is -1.05. The fourth-order valence-corrected chi connectivity index (χ4v) is 3.43. The maximum absolute atomic E-state index is 12.5. The van der Waals surface area contributed by atoms with Crippen LogP contribution in [0.5, 0.6) is 5.75 Å². The lowest BCUT2D eigenvalue weighted by Gasteiger charge is -2.15. The summed E-state index contributed by atoms with van der Waals surface area (Å²) in [6, 6.07) is 5.10. The topological polar surface area (TPSA) is 63.6 Å². The maximum Gasteiger partial charge on any atom is 0.307 e. The van der Waals surface area contributed by atoms with Crippen molar-refractivity contribution in [1.29, 1.82) is 0 Å². The largest absolute Gasteiger partial charge is 0.496 e. The van der Waals surface area contributed by atoms with Crippen molar-refractivity contribution in [2.24, 2.45) is 17.8 Å². The van der Waals surface area contributed by atoms with Crippen LogP contribution in [-0.4, -0.2) is 24.0 Å². The SMILES string of the molecule is COc1ccc(C(=O)C2CC(C)CC2C(=O)O)cc1Br. The van der Waals surface area contributed by atoms with Crippen LogP contribution in [0.2, 0.25) is 0 Å². The number of hydrogen-bond acceptors (Lipinski definition) is 3. The molecule has 0 radical (unpaired) electrons. The highest BCUT2D eigenvalue weighted by molar-refractivity contribution is 9.10. The molecule has 0 saturated heterocycles. The Balaban J connectivity index is 2.26. The van der Waals surface area contributed by atoms with Gasteiger partial charge in [-0.25, -0.2) is 0 Å². The van der Waals surface area contributed by atoms with Crippen molar-refractivity contribution in [2.45, 2.75) is 19.8 Å². The quantitative estimate of drug-likeness (QED) is 0.853. The van der Waals surface area contributed by atoms with Crippen LogP contribution in [0.25, 0.3) is 0 Å². The number of ketones is 1. The Labute approximate surface area is 126 Å². The molecule has 0 bridgehead atoms. The minimum atomic E-state index is -0.875. The molecule has 2 rings (SSSR count). The van der Waals surface area contributed by atoms with E-state index < -0.39 is 17.8 Å². The maximum atomic E-state index is 12.5. The van der Waals surface area contributed by atoms with Gasteiger partial charge in [0.15, 0.2) is 5.78 Å². The normalized spacial score (nSPS) is 25.4. The number of hydrogen-bond donors (Lipinski definition) is 1. The number of carboxylic acids is 1. The molecule has 3 atom stereocenters. The highest BCUT2D eigenvalue weighted by Gasteiger charge is 2.41. The minimum Gasteiger partial charge on any atom is -0.496 e. The van der Waals surface area contributed by atoms with Crippen molar-refractivity contribution in [2.75, 3.05) is 7.11 Å². The average molecular weight is 341 g/mol. The zero-order valence-electron chi connectivity index (χ0n) is 11.4. The Bertz CT molecular complexity index is 541. The lowest BCUT2D eigenvalue weighted by molar-refractivity contribution is -0.142. The smallest absolute Gasteiger partial charge is 0.307 e. The molecule has 20 heavy (non-hydrogen) atoms. The Morgan fingerprint density at radius 3 is 2.50 bits per heavy atom. The van der Waals surface area contributed by atoms with Crippen molar-refractivity contribution in [3.63, 3.8) is 0 Å². The van der Waals surface area contributed by atoms with Gasteiger partial charge in [0.25, 0.3) is 0 Å². The summed E-state index contributed by atoms with van der Waals surface area (Å²) in [6.07, 6.45) is 1.21. The molecule has 108 valence electrons. The van der Waals surface area contributed by atoms with Gasteiger partial charge in [0.2, 0.25) is 0 Å². The molecule has 1 aromatic carbocycles. The van der Waals surface area contributed by atoms with Gasteiger partial charge in [-0.2, -0.15) is 0 Å².